The summed E-state index contributed by atoms with van der Waals surface area (Å²) >= 11 is 0. The molecule has 2 aromatic heterocycles. The normalized spacial score (nSPS) is 13.8. The average Bonchev–Trinajstić information content (AvgIpc) is 3.53. The molecule has 5 aromatic rings. The van der Waals surface area contributed by atoms with Crippen LogP contribution in [0.1, 0.15) is 5.69 Å². The monoisotopic (exact) mass is 459 g/mol. The highest BCUT2D eigenvalue weighted by atomic mass is 16.3. The molecule has 0 aliphatic carbocycles. The lowest BCUT2D eigenvalue weighted by Gasteiger charge is -2.27. The van der Waals surface area contributed by atoms with Crippen LogP contribution < -0.4 is 10.0 Å². The summed E-state index contributed by atoms with van der Waals surface area (Å²) in [7, 11) is 1.90. The Bertz CT molecular complexity index is 1520. The van der Waals surface area contributed by atoms with E-state index in [2.05, 4.69) is 0 Å². The van der Waals surface area contributed by atoms with Gasteiger partial charge in [0.15, 0.2) is 5.58 Å². The molecule has 6 nitrogen and oxygen atoms in total. The summed E-state index contributed by atoms with van der Waals surface area (Å²) in [5, 5.41) is 2.84. The van der Waals surface area contributed by atoms with Crippen LogP contribution in [0.4, 0.5) is 11.4 Å². The molecular formula is C29H21N3O3. The maximum atomic E-state index is 13.6. The second-order valence-corrected chi connectivity index (χ2v) is 8.32. The fraction of sp³-hybridized carbons (Fsp3) is 0.0345. The van der Waals surface area contributed by atoms with E-state index in [1.807, 2.05) is 115 Å². The molecule has 0 radical (unpaired) electrons. The lowest BCUT2D eigenvalue weighted by Crippen LogP contribution is -2.41. The minimum Gasteiger partial charge on any atom is -0.454 e. The smallest absolute Gasteiger partial charge is 0.283 e. The number of aromatic nitrogens is 1. The minimum absolute atomic E-state index is 0.0873. The molecule has 0 atom stereocenters. The molecule has 0 bridgehead atoms. The van der Waals surface area contributed by atoms with Crippen LogP contribution in [-0.2, 0) is 16.6 Å². The van der Waals surface area contributed by atoms with Crippen molar-refractivity contribution in [2.24, 2.45) is 7.05 Å². The Morgan fingerprint density at radius 1 is 0.686 bits per heavy atom. The van der Waals surface area contributed by atoms with Gasteiger partial charge in [-0.1, -0.05) is 66.7 Å². The Kier molecular flexibility index (Phi) is 4.85. The molecule has 6 rings (SSSR count). The third-order valence-electron chi connectivity index (χ3n) is 6.17. The minimum atomic E-state index is -0.382. The summed E-state index contributed by atoms with van der Waals surface area (Å²) in [5.74, 6) is 0.00428. The van der Waals surface area contributed by atoms with Crippen molar-refractivity contribution in [3.8, 4) is 11.3 Å². The van der Waals surface area contributed by atoms with Gasteiger partial charge in [0, 0.05) is 30.4 Å². The van der Waals surface area contributed by atoms with Gasteiger partial charge in [-0.25, -0.2) is 10.0 Å². The van der Waals surface area contributed by atoms with E-state index in [-0.39, 0.29) is 17.4 Å². The van der Waals surface area contributed by atoms with E-state index in [0.717, 1.165) is 16.8 Å². The Morgan fingerprint density at radius 2 is 1.20 bits per heavy atom. The first-order valence-electron chi connectivity index (χ1n) is 11.3. The summed E-state index contributed by atoms with van der Waals surface area (Å²) < 4.78 is 8.00. The summed E-state index contributed by atoms with van der Waals surface area (Å²) in [5.41, 5.74) is 4.59. The highest BCUT2D eigenvalue weighted by molar-refractivity contribution is 6.38. The van der Waals surface area contributed by atoms with E-state index < -0.39 is 0 Å². The first-order chi connectivity index (χ1) is 17.1. The zero-order chi connectivity index (χ0) is 23.9. The molecule has 2 amide bonds. The van der Waals surface area contributed by atoms with Crippen molar-refractivity contribution in [2.45, 2.75) is 0 Å². The van der Waals surface area contributed by atoms with Gasteiger partial charge in [-0.05, 0) is 30.3 Å². The standard InChI is InChI=1S/C29H21N3O3/c1-30-23(18-27-25(30)19-26(35-27)20-11-5-2-6-12-20)17-24-28(33)31(21-13-7-3-8-14-21)32(29(24)34)22-15-9-4-10-16-22/h2-19H,1H3. The number of amides is 2. The predicted octanol–water partition coefficient (Wildman–Crippen LogP) is 5.82. The van der Waals surface area contributed by atoms with Crippen LogP contribution in [0.25, 0.3) is 28.5 Å². The summed E-state index contributed by atoms with van der Waals surface area (Å²) in [6, 6.07) is 32.1. The number of carbonyl (C=O) groups excluding carboxylic acids is 2. The fourth-order valence-corrected chi connectivity index (χ4v) is 4.39. The topological polar surface area (TPSA) is 58.7 Å². The SMILES string of the molecule is Cn1c(C=C2C(=O)N(c3ccccc3)N(c3ccccc3)C2=O)cc2oc(-c3ccccc3)cc21. The number of para-hydroxylation sites is 2. The Hall–Kier alpha value is -4.84. The molecule has 1 aliphatic heterocycles. The number of rotatable bonds is 4. The van der Waals surface area contributed by atoms with Crippen molar-refractivity contribution in [1.82, 2.24) is 4.57 Å². The second kappa shape index (κ2) is 8.18. The first-order valence-corrected chi connectivity index (χ1v) is 11.3. The largest absolute Gasteiger partial charge is 0.454 e. The Balaban J connectivity index is 1.43. The number of anilines is 2. The van der Waals surface area contributed by atoms with Crippen LogP contribution >= 0.6 is 0 Å². The van der Waals surface area contributed by atoms with Crippen LogP contribution in [0, 0.1) is 0 Å². The van der Waals surface area contributed by atoms with E-state index in [0.29, 0.717) is 22.7 Å². The average molecular weight is 460 g/mol. The summed E-state index contributed by atoms with van der Waals surface area (Å²) in [4.78, 5) is 27.1. The summed E-state index contributed by atoms with van der Waals surface area (Å²) in [6.45, 7) is 0. The highest BCUT2D eigenvalue weighted by Gasteiger charge is 2.43. The predicted molar refractivity (Wildman–Crippen MR) is 136 cm³/mol. The first kappa shape index (κ1) is 20.7. The number of carbonyl (C=O) groups is 2. The van der Waals surface area contributed by atoms with Gasteiger partial charge < -0.3 is 8.98 Å². The van der Waals surface area contributed by atoms with Crippen LogP contribution in [0.3, 0.4) is 0 Å². The van der Waals surface area contributed by atoms with Crippen molar-refractivity contribution in [3.05, 3.63) is 114 Å². The number of hydrazine groups is 1. The van der Waals surface area contributed by atoms with Crippen LogP contribution in [0.15, 0.2) is 113 Å². The van der Waals surface area contributed by atoms with Gasteiger partial charge in [0.1, 0.15) is 11.3 Å². The molecule has 0 spiro atoms. The number of aryl methyl sites for hydroxylation is 1. The molecule has 170 valence electrons. The van der Waals surface area contributed by atoms with Gasteiger partial charge in [0.05, 0.1) is 16.9 Å². The van der Waals surface area contributed by atoms with Gasteiger partial charge in [-0.2, -0.15) is 0 Å². The van der Waals surface area contributed by atoms with Crippen LogP contribution in [-0.4, -0.2) is 16.4 Å². The maximum Gasteiger partial charge on any atom is 0.283 e. The number of hydrogen-bond acceptors (Lipinski definition) is 3. The van der Waals surface area contributed by atoms with E-state index in [1.165, 1.54) is 10.0 Å². The van der Waals surface area contributed by atoms with Gasteiger partial charge >= 0.3 is 0 Å². The number of fused-ring (bicyclic) bond motifs is 1. The lowest BCUT2D eigenvalue weighted by molar-refractivity contribution is -0.116. The molecule has 0 N–H and O–H groups in total. The van der Waals surface area contributed by atoms with Crippen LogP contribution in [0.5, 0.6) is 0 Å². The Morgan fingerprint density at radius 3 is 1.71 bits per heavy atom. The number of benzene rings is 3. The zero-order valence-electron chi connectivity index (χ0n) is 19.0. The third kappa shape index (κ3) is 3.43. The number of furan rings is 1. The zero-order valence-corrected chi connectivity index (χ0v) is 19.0. The van der Waals surface area contributed by atoms with Gasteiger partial charge in [-0.3, -0.25) is 9.59 Å². The molecule has 1 saturated heterocycles. The fourth-order valence-electron chi connectivity index (χ4n) is 4.39. The molecule has 35 heavy (non-hydrogen) atoms. The van der Waals surface area contributed by atoms with Crippen molar-refractivity contribution in [1.29, 1.82) is 0 Å². The quantitative estimate of drug-likeness (QED) is 0.251. The highest BCUT2D eigenvalue weighted by Crippen LogP contribution is 2.34. The third-order valence-corrected chi connectivity index (χ3v) is 6.17. The van der Waals surface area contributed by atoms with Crippen molar-refractivity contribution in [3.63, 3.8) is 0 Å². The number of nitrogens with zero attached hydrogens (tertiary/aromatic N) is 3. The van der Waals surface area contributed by atoms with Crippen molar-refractivity contribution < 1.29 is 14.0 Å². The summed E-state index contributed by atoms with van der Waals surface area (Å²) in [6.07, 6.45) is 1.64. The van der Waals surface area contributed by atoms with E-state index >= 15 is 0 Å². The molecule has 0 unspecified atom stereocenters. The van der Waals surface area contributed by atoms with Gasteiger partial charge in [0.2, 0.25) is 0 Å². The van der Waals surface area contributed by atoms with Crippen LogP contribution in [0.2, 0.25) is 0 Å². The van der Waals surface area contributed by atoms with Crippen molar-refractivity contribution in [2.75, 3.05) is 10.0 Å². The molecule has 1 aliphatic rings. The maximum absolute atomic E-state index is 13.6. The lowest BCUT2D eigenvalue weighted by atomic mass is 10.2. The van der Waals surface area contributed by atoms with E-state index in [4.69, 9.17) is 4.42 Å². The molecule has 3 heterocycles. The molecule has 3 aromatic carbocycles. The van der Waals surface area contributed by atoms with E-state index in [1.54, 1.807) is 6.08 Å². The van der Waals surface area contributed by atoms with Gasteiger partial charge in [-0.15, -0.1) is 0 Å². The molecule has 6 heteroatoms. The molecule has 0 saturated carbocycles. The van der Waals surface area contributed by atoms with Gasteiger partial charge in [0.25, 0.3) is 11.8 Å². The number of hydrogen-bond donors (Lipinski definition) is 0. The Labute approximate surface area is 201 Å². The molecule has 1 fully saturated rings. The molecular weight excluding hydrogens is 438 g/mol. The second-order valence-electron chi connectivity index (χ2n) is 8.32. The van der Waals surface area contributed by atoms with Crippen molar-refractivity contribution >= 4 is 40.4 Å². The van der Waals surface area contributed by atoms with E-state index in [9.17, 15) is 9.59 Å².